The molecule has 3 aromatic rings. The smallest absolute Gasteiger partial charge is 0.410 e. The van der Waals surface area contributed by atoms with Crippen molar-refractivity contribution in [2.75, 3.05) is 6.54 Å². The monoisotopic (exact) mass is 453 g/mol. The molecule has 1 amide bonds. The average molecular weight is 453 g/mol. The number of benzene rings is 2. The Morgan fingerprint density at radius 1 is 1.15 bits per heavy atom. The molecule has 0 aliphatic heterocycles. The number of rotatable bonds is 6. The minimum atomic E-state index is -0.690. The van der Waals surface area contributed by atoms with Gasteiger partial charge in [0.05, 0.1) is 10.4 Å². The van der Waals surface area contributed by atoms with Crippen molar-refractivity contribution in [1.29, 1.82) is 0 Å². The Morgan fingerprint density at radius 3 is 2.48 bits per heavy atom. The van der Waals surface area contributed by atoms with Crippen LogP contribution in [0.1, 0.15) is 37.5 Å². The minimum absolute atomic E-state index is 0.00961. The maximum absolute atomic E-state index is 12.9. The largest absolute Gasteiger partial charge is 0.506 e. The number of amides is 1. The van der Waals surface area contributed by atoms with Crippen molar-refractivity contribution in [1.82, 2.24) is 9.88 Å². The van der Waals surface area contributed by atoms with Crippen molar-refractivity contribution in [3.05, 3.63) is 79.6 Å². The molecule has 0 atom stereocenters. The highest BCUT2D eigenvalue weighted by atomic mass is 16.6. The third-order valence-corrected chi connectivity index (χ3v) is 5.16. The second-order valence-electron chi connectivity index (χ2n) is 8.87. The van der Waals surface area contributed by atoms with Crippen molar-refractivity contribution >= 4 is 22.7 Å². The van der Waals surface area contributed by atoms with Gasteiger partial charge in [-0.2, -0.15) is 0 Å². The first-order valence-electron chi connectivity index (χ1n) is 10.5. The zero-order chi connectivity index (χ0) is 24.3. The van der Waals surface area contributed by atoms with Gasteiger partial charge in [0, 0.05) is 36.7 Å². The molecule has 0 saturated carbocycles. The maximum atomic E-state index is 12.9. The number of nitro groups is 1. The number of nitrogens with one attached hydrogen (secondary N) is 1. The number of fused-ring (bicyclic) bond motifs is 1. The van der Waals surface area contributed by atoms with E-state index in [-0.39, 0.29) is 23.5 Å². The predicted molar refractivity (Wildman–Crippen MR) is 124 cm³/mol. The summed E-state index contributed by atoms with van der Waals surface area (Å²) in [6, 6.07) is 10.8. The van der Waals surface area contributed by atoms with Crippen LogP contribution in [0, 0.1) is 17.0 Å². The number of aromatic amines is 1. The second-order valence-corrected chi connectivity index (χ2v) is 8.87. The number of pyridine rings is 1. The quantitative estimate of drug-likeness (QED) is 0.420. The van der Waals surface area contributed by atoms with Gasteiger partial charge >= 0.3 is 6.09 Å². The number of carbonyl (C=O) groups is 1. The van der Waals surface area contributed by atoms with Gasteiger partial charge in [-0.25, -0.2) is 4.79 Å². The van der Waals surface area contributed by atoms with Gasteiger partial charge in [0.15, 0.2) is 0 Å². The fourth-order valence-corrected chi connectivity index (χ4v) is 3.51. The van der Waals surface area contributed by atoms with Crippen LogP contribution >= 0.6 is 0 Å². The van der Waals surface area contributed by atoms with E-state index in [0.717, 1.165) is 11.1 Å². The lowest BCUT2D eigenvalue weighted by Gasteiger charge is -2.28. The Balaban J connectivity index is 1.89. The molecule has 1 aromatic heterocycles. The number of nitrogens with zero attached hydrogens (tertiary/aromatic N) is 2. The van der Waals surface area contributed by atoms with Crippen LogP contribution in [-0.2, 0) is 17.7 Å². The molecule has 33 heavy (non-hydrogen) atoms. The Morgan fingerprint density at radius 2 is 1.85 bits per heavy atom. The number of aromatic hydroxyl groups is 1. The number of carbonyl (C=O) groups excluding carboxylic acids is 1. The van der Waals surface area contributed by atoms with E-state index in [2.05, 4.69) is 4.98 Å². The summed E-state index contributed by atoms with van der Waals surface area (Å²) in [5.41, 5.74) is 1.63. The third kappa shape index (κ3) is 5.88. The molecule has 0 aliphatic carbocycles. The summed E-state index contributed by atoms with van der Waals surface area (Å²) in [6.07, 6.45) is -0.0644. The number of nitro benzene ring substituents is 1. The van der Waals surface area contributed by atoms with Crippen LogP contribution in [0.4, 0.5) is 10.5 Å². The summed E-state index contributed by atoms with van der Waals surface area (Å²) in [5.74, 6) is -0.0306. The van der Waals surface area contributed by atoms with Gasteiger partial charge in [-0.1, -0.05) is 12.1 Å². The van der Waals surface area contributed by atoms with E-state index in [9.17, 15) is 24.8 Å². The molecule has 0 spiro atoms. The molecule has 1 heterocycles. The summed E-state index contributed by atoms with van der Waals surface area (Å²) >= 11 is 0. The molecule has 2 N–H and O–H groups in total. The average Bonchev–Trinajstić information content (AvgIpc) is 2.72. The van der Waals surface area contributed by atoms with Crippen molar-refractivity contribution in [2.24, 2.45) is 0 Å². The van der Waals surface area contributed by atoms with Crippen LogP contribution in [-0.4, -0.2) is 38.2 Å². The molecule has 2 aromatic carbocycles. The van der Waals surface area contributed by atoms with E-state index in [1.54, 1.807) is 50.8 Å². The van der Waals surface area contributed by atoms with Gasteiger partial charge in [0.2, 0.25) is 5.56 Å². The lowest BCUT2D eigenvalue weighted by atomic mass is 10.0. The standard InChI is InChI=1S/C24H27N3O6/c1-15-13-18(27(31)32)7-5-17(15)14-26(23(30)33-24(2,3)4)12-11-16-6-9-20(28)22-19(16)8-10-21(29)25-22/h5-10,13,28H,11-12,14H2,1-4H3,(H,25,29). The Bertz CT molecular complexity index is 1260. The Labute approximate surface area is 190 Å². The normalized spacial score (nSPS) is 11.4. The first-order chi connectivity index (χ1) is 15.4. The lowest BCUT2D eigenvalue weighted by Crippen LogP contribution is -2.37. The van der Waals surface area contributed by atoms with Crippen molar-refractivity contribution in [3.8, 4) is 5.75 Å². The highest BCUT2D eigenvalue weighted by molar-refractivity contribution is 5.87. The zero-order valence-electron chi connectivity index (χ0n) is 19.0. The van der Waals surface area contributed by atoms with E-state index < -0.39 is 16.6 Å². The van der Waals surface area contributed by atoms with E-state index in [1.165, 1.54) is 24.3 Å². The first-order valence-corrected chi connectivity index (χ1v) is 10.5. The summed E-state index contributed by atoms with van der Waals surface area (Å²) in [6.45, 7) is 7.62. The SMILES string of the molecule is Cc1cc([N+](=O)[O-])ccc1CN(CCc1ccc(O)c2[nH]c(=O)ccc12)C(=O)OC(C)(C)C. The molecule has 9 heteroatoms. The number of phenolic OH excluding ortho intramolecular Hbond substituents is 1. The third-order valence-electron chi connectivity index (χ3n) is 5.16. The van der Waals surface area contributed by atoms with Gasteiger partial charge in [0.1, 0.15) is 11.4 Å². The van der Waals surface area contributed by atoms with Gasteiger partial charge < -0.3 is 19.7 Å². The van der Waals surface area contributed by atoms with E-state index in [0.29, 0.717) is 29.4 Å². The maximum Gasteiger partial charge on any atom is 0.410 e. The molecule has 3 rings (SSSR count). The lowest BCUT2D eigenvalue weighted by molar-refractivity contribution is -0.384. The number of aryl methyl sites for hydroxylation is 1. The number of aromatic nitrogens is 1. The summed E-state index contributed by atoms with van der Waals surface area (Å²) in [4.78, 5) is 39.4. The zero-order valence-corrected chi connectivity index (χ0v) is 19.0. The molecule has 9 nitrogen and oxygen atoms in total. The molecular formula is C24H27N3O6. The summed E-state index contributed by atoms with van der Waals surface area (Å²) in [5, 5.41) is 21.8. The number of ether oxygens (including phenoxy) is 1. The van der Waals surface area contributed by atoms with Crippen molar-refractivity contribution < 1.29 is 19.6 Å². The predicted octanol–water partition coefficient (Wildman–Crippen LogP) is 4.43. The van der Waals surface area contributed by atoms with Crippen LogP contribution < -0.4 is 5.56 Å². The van der Waals surface area contributed by atoms with Crippen molar-refractivity contribution in [3.63, 3.8) is 0 Å². The highest BCUT2D eigenvalue weighted by Gasteiger charge is 2.23. The van der Waals surface area contributed by atoms with Crippen LogP contribution in [0.5, 0.6) is 5.75 Å². The van der Waals surface area contributed by atoms with E-state index in [4.69, 9.17) is 4.74 Å². The number of H-pyrrole nitrogens is 1. The Kier molecular flexibility index (Phi) is 6.71. The van der Waals surface area contributed by atoms with Crippen LogP contribution in [0.3, 0.4) is 0 Å². The first kappa shape index (κ1) is 23.8. The van der Waals surface area contributed by atoms with Crippen LogP contribution in [0.15, 0.2) is 47.3 Å². The molecule has 0 radical (unpaired) electrons. The highest BCUT2D eigenvalue weighted by Crippen LogP contribution is 2.26. The van der Waals surface area contributed by atoms with Crippen LogP contribution in [0.2, 0.25) is 0 Å². The molecule has 0 unspecified atom stereocenters. The number of hydrogen-bond donors (Lipinski definition) is 2. The second kappa shape index (κ2) is 9.32. The number of phenols is 1. The number of hydrogen-bond acceptors (Lipinski definition) is 6. The summed E-state index contributed by atoms with van der Waals surface area (Å²) in [7, 11) is 0. The minimum Gasteiger partial charge on any atom is -0.506 e. The van der Waals surface area contributed by atoms with Gasteiger partial charge in [-0.3, -0.25) is 14.9 Å². The molecule has 0 fully saturated rings. The van der Waals surface area contributed by atoms with E-state index >= 15 is 0 Å². The topological polar surface area (TPSA) is 126 Å². The molecular weight excluding hydrogens is 426 g/mol. The van der Waals surface area contributed by atoms with Gasteiger partial charge in [-0.15, -0.1) is 0 Å². The van der Waals surface area contributed by atoms with Gasteiger partial charge in [0.25, 0.3) is 5.69 Å². The Hall–Kier alpha value is -3.88. The van der Waals surface area contributed by atoms with Crippen molar-refractivity contribution in [2.45, 2.75) is 46.3 Å². The van der Waals surface area contributed by atoms with Gasteiger partial charge in [-0.05, 0) is 62.9 Å². The van der Waals surface area contributed by atoms with Crippen LogP contribution in [0.25, 0.3) is 10.9 Å². The summed E-state index contributed by atoms with van der Waals surface area (Å²) < 4.78 is 5.58. The fourth-order valence-electron chi connectivity index (χ4n) is 3.51. The fraction of sp³-hybridized carbons (Fsp3) is 0.333. The number of non-ortho nitro benzene ring substituents is 1. The molecule has 0 saturated heterocycles. The molecule has 0 aliphatic rings. The molecule has 0 bridgehead atoms. The van der Waals surface area contributed by atoms with E-state index in [1.807, 2.05) is 0 Å². The molecule has 174 valence electrons.